The van der Waals surface area contributed by atoms with Crippen LogP contribution in [0.3, 0.4) is 0 Å². The third kappa shape index (κ3) is 5.57. The van der Waals surface area contributed by atoms with Gasteiger partial charge in [0.2, 0.25) is 0 Å². The second-order valence-corrected chi connectivity index (χ2v) is 2.71. The SMILES string of the molecule is CNC(C)/C=C/C(C)C. The van der Waals surface area contributed by atoms with E-state index in [1.807, 2.05) is 7.05 Å². The maximum absolute atomic E-state index is 3.13. The summed E-state index contributed by atoms with van der Waals surface area (Å²) in [7, 11) is 1.97. The largest absolute Gasteiger partial charge is 0.314 e. The van der Waals surface area contributed by atoms with Crippen molar-refractivity contribution in [2.75, 3.05) is 7.05 Å². The first-order chi connectivity index (χ1) is 4.16. The minimum atomic E-state index is 0.507. The van der Waals surface area contributed by atoms with Gasteiger partial charge in [-0.1, -0.05) is 26.0 Å². The molecule has 0 spiro atoms. The summed E-state index contributed by atoms with van der Waals surface area (Å²) in [4.78, 5) is 0. The molecule has 0 amide bonds. The Kier molecular flexibility index (Phi) is 4.41. The molecule has 0 saturated carbocycles. The lowest BCUT2D eigenvalue weighted by atomic mass is 10.2. The highest BCUT2D eigenvalue weighted by atomic mass is 14.8. The molecule has 0 fully saturated rings. The lowest BCUT2D eigenvalue weighted by Gasteiger charge is -2.02. The number of rotatable bonds is 3. The molecule has 0 saturated heterocycles. The molecule has 9 heavy (non-hydrogen) atoms. The molecule has 0 aromatic heterocycles. The van der Waals surface area contributed by atoms with Crippen LogP contribution in [0.1, 0.15) is 20.8 Å². The Balaban J connectivity index is 3.43. The molecule has 1 atom stereocenters. The van der Waals surface area contributed by atoms with Gasteiger partial charge < -0.3 is 5.32 Å². The maximum Gasteiger partial charge on any atom is 0.0218 e. The van der Waals surface area contributed by atoms with Crippen molar-refractivity contribution in [2.24, 2.45) is 5.92 Å². The zero-order valence-corrected chi connectivity index (χ0v) is 6.81. The molecule has 1 N–H and O–H groups in total. The molecule has 0 aliphatic carbocycles. The van der Waals surface area contributed by atoms with Gasteiger partial charge in [-0.3, -0.25) is 0 Å². The number of likely N-dealkylation sites (N-methyl/N-ethyl adjacent to an activating group) is 1. The van der Waals surface area contributed by atoms with Gasteiger partial charge in [-0.15, -0.1) is 0 Å². The first-order valence-corrected chi connectivity index (χ1v) is 3.52. The fraction of sp³-hybridized carbons (Fsp3) is 0.750. The van der Waals surface area contributed by atoms with Crippen molar-refractivity contribution >= 4 is 0 Å². The average molecular weight is 127 g/mol. The standard InChI is InChI=1S/C8H17N/c1-7(2)5-6-8(3)9-4/h5-9H,1-4H3/b6-5+. The van der Waals surface area contributed by atoms with Crippen LogP contribution >= 0.6 is 0 Å². The van der Waals surface area contributed by atoms with Crippen molar-refractivity contribution in [1.82, 2.24) is 5.32 Å². The fourth-order valence-electron chi connectivity index (χ4n) is 0.485. The summed E-state index contributed by atoms with van der Waals surface area (Å²) in [6, 6.07) is 0.507. The normalized spacial score (nSPS) is 15.2. The van der Waals surface area contributed by atoms with Crippen molar-refractivity contribution in [2.45, 2.75) is 26.8 Å². The highest BCUT2D eigenvalue weighted by Crippen LogP contribution is 1.94. The first kappa shape index (κ1) is 8.70. The third-order valence-corrected chi connectivity index (χ3v) is 1.24. The fourth-order valence-corrected chi connectivity index (χ4v) is 0.485. The first-order valence-electron chi connectivity index (χ1n) is 3.52. The lowest BCUT2D eigenvalue weighted by molar-refractivity contribution is 0.715. The molecule has 0 aromatic carbocycles. The molecule has 0 heterocycles. The molecular weight excluding hydrogens is 110 g/mol. The Labute approximate surface area is 58.2 Å². The summed E-state index contributed by atoms with van der Waals surface area (Å²) < 4.78 is 0. The van der Waals surface area contributed by atoms with Gasteiger partial charge in [-0.2, -0.15) is 0 Å². The summed E-state index contributed by atoms with van der Waals surface area (Å²) in [5.41, 5.74) is 0. The van der Waals surface area contributed by atoms with Crippen molar-refractivity contribution in [3.8, 4) is 0 Å². The van der Waals surface area contributed by atoms with Crippen LogP contribution in [-0.4, -0.2) is 13.1 Å². The van der Waals surface area contributed by atoms with Crippen molar-refractivity contribution in [1.29, 1.82) is 0 Å². The highest BCUT2D eigenvalue weighted by molar-refractivity contribution is 4.91. The quantitative estimate of drug-likeness (QED) is 0.570. The van der Waals surface area contributed by atoms with Crippen molar-refractivity contribution < 1.29 is 0 Å². The van der Waals surface area contributed by atoms with Crippen molar-refractivity contribution in [3.63, 3.8) is 0 Å². The summed E-state index contributed by atoms with van der Waals surface area (Å²) >= 11 is 0. The smallest absolute Gasteiger partial charge is 0.0218 e. The van der Waals surface area contributed by atoms with E-state index in [-0.39, 0.29) is 0 Å². The van der Waals surface area contributed by atoms with Gasteiger partial charge in [-0.05, 0) is 19.9 Å². The Morgan fingerprint density at radius 1 is 1.11 bits per heavy atom. The molecule has 0 radical (unpaired) electrons. The molecule has 0 aliphatic heterocycles. The molecule has 0 aliphatic rings. The number of allylic oxidation sites excluding steroid dienone is 1. The minimum Gasteiger partial charge on any atom is -0.314 e. The number of hydrogen-bond acceptors (Lipinski definition) is 1. The van der Waals surface area contributed by atoms with Gasteiger partial charge in [0.1, 0.15) is 0 Å². The molecule has 0 bridgehead atoms. The Bertz CT molecular complexity index is 84.6. The van der Waals surface area contributed by atoms with Crippen LogP contribution < -0.4 is 5.32 Å². The van der Waals surface area contributed by atoms with Crippen LogP contribution in [0.2, 0.25) is 0 Å². The van der Waals surface area contributed by atoms with Gasteiger partial charge in [0.25, 0.3) is 0 Å². The van der Waals surface area contributed by atoms with Crippen molar-refractivity contribution in [3.05, 3.63) is 12.2 Å². The van der Waals surface area contributed by atoms with Crippen LogP contribution in [0, 0.1) is 5.92 Å². The summed E-state index contributed by atoms with van der Waals surface area (Å²) in [6.45, 7) is 6.50. The lowest BCUT2D eigenvalue weighted by Crippen LogP contribution is -2.17. The molecule has 0 rings (SSSR count). The molecule has 1 unspecified atom stereocenters. The van der Waals surface area contributed by atoms with E-state index in [2.05, 4.69) is 38.2 Å². The molecule has 54 valence electrons. The zero-order valence-electron chi connectivity index (χ0n) is 6.81. The molecule has 1 nitrogen and oxygen atoms in total. The van der Waals surface area contributed by atoms with E-state index in [4.69, 9.17) is 0 Å². The number of nitrogens with one attached hydrogen (secondary N) is 1. The van der Waals surface area contributed by atoms with E-state index in [9.17, 15) is 0 Å². The van der Waals surface area contributed by atoms with Gasteiger partial charge in [-0.25, -0.2) is 0 Å². The predicted molar refractivity (Wildman–Crippen MR) is 42.5 cm³/mol. The monoisotopic (exact) mass is 127 g/mol. The van der Waals surface area contributed by atoms with Crippen LogP contribution in [-0.2, 0) is 0 Å². The van der Waals surface area contributed by atoms with E-state index >= 15 is 0 Å². The van der Waals surface area contributed by atoms with E-state index in [1.54, 1.807) is 0 Å². The van der Waals surface area contributed by atoms with E-state index in [0.29, 0.717) is 12.0 Å². The van der Waals surface area contributed by atoms with Gasteiger partial charge in [0, 0.05) is 6.04 Å². The molecule has 0 aromatic rings. The molecular formula is C8H17N. The van der Waals surface area contributed by atoms with Gasteiger partial charge >= 0.3 is 0 Å². The maximum atomic E-state index is 3.13. The second-order valence-electron chi connectivity index (χ2n) is 2.71. The minimum absolute atomic E-state index is 0.507. The Hall–Kier alpha value is -0.300. The zero-order chi connectivity index (χ0) is 7.28. The molecule has 1 heteroatoms. The van der Waals surface area contributed by atoms with Crippen LogP contribution in [0.15, 0.2) is 12.2 Å². The van der Waals surface area contributed by atoms with Crippen LogP contribution in [0.4, 0.5) is 0 Å². The Morgan fingerprint density at radius 3 is 2.00 bits per heavy atom. The summed E-state index contributed by atoms with van der Waals surface area (Å²) in [5.74, 6) is 0.667. The van der Waals surface area contributed by atoms with E-state index in [1.165, 1.54) is 0 Å². The van der Waals surface area contributed by atoms with Crippen LogP contribution in [0.5, 0.6) is 0 Å². The second kappa shape index (κ2) is 4.57. The van der Waals surface area contributed by atoms with Gasteiger partial charge in [0.05, 0.1) is 0 Å². The Morgan fingerprint density at radius 2 is 1.67 bits per heavy atom. The predicted octanol–water partition coefficient (Wildman–Crippen LogP) is 1.81. The summed E-state index contributed by atoms with van der Waals surface area (Å²) in [5, 5.41) is 3.13. The summed E-state index contributed by atoms with van der Waals surface area (Å²) in [6.07, 6.45) is 4.39. The highest BCUT2D eigenvalue weighted by Gasteiger charge is 1.89. The number of hydrogen-bond donors (Lipinski definition) is 1. The van der Waals surface area contributed by atoms with E-state index < -0.39 is 0 Å². The third-order valence-electron chi connectivity index (χ3n) is 1.24. The topological polar surface area (TPSA) is 12.0 Å². The van der Waals surface area contributed by atoms with Crippen LogP contribution in [0.25, 0.3) is 0 Å². The van der Waals surface area contributed by atoms with Gasteiger partial charge in [0.15, 0.2) is 0 Å². The van der Waals surface area contributed by atoms with E-state index in [0.717, 1.165) is 0 Å². The average Bonchev–Trinajstić information content (AvgIpc) is 1.83.